The summed E-state index contributed by atoms with van der Waals surface area (Å²) in [7, 11) is -3.48. The minimum absolute atomic E-state index is 0.205. The fourth-order valence-corrected chi connectivity index (χ4v) is 3.02. The Morgan fingerprint density at radius 2 is 1.67 bits per heavy atom. The maximum atomic E-state index is 12.2. The van der Waals surface area contributed by atoms with Crippen LogP contribution < -0.4 is 5.32 Å². The van der Waals surface area contributed by atoms with Crippen LogP contribution in [0, 0.1) is 27.2 Å². The van der Waals surface area contributed by atoms with Gasteiger partial charge in [0.1, 0.15) is 21.4 Å². The molecule has 0 saturated heterocycles. The molecule has 0 saturated carbocycles. The number of sulfone groups is 1. The molecule has 0 aliphatic rings. The number of carbonyl (C=O) groups excluding carboxylic acids is 1. The molecule has 0 aliphatic carbocycles. The van der Waals surface area contributed by atoms with Crippen LogP contribution in [0.25, 0.3) is 0 Å². The number of carbonyl (C=O) groups is 2. The molecular formula is C14H17N3O9S. The summed E-state index contributed by atoms with van der Waals surface area (Å²) in [4.78, 5) is 43.8. The molecule has 1 amide bonds. The van der Waals surface area contributed by atoms with Gasteiger partial charge in [0.2, 0.25) is 0 Å². The number of nitro benzene ring substituents is 2. The monoisotopic (exact) mass is 403 g/mol. The Bertz CT molecular complexity index is 860. The molecule has 0 spiro atoms. The zero-order valence-electron chi connectivity index (χ0n) is 14.4. The molecule has 13 heteroatoms. The maximum Gasteiger partial charge on any atom is 0.326 e. The molecule has 1 atom stereocenters. The average Bonchev–Trinajstić information content (AvgIpc) is 2.57. The normalized spacial score (nSPS) is 12.2. The molecule has 0 aromatic heterocycles. The van der Waals surface area contributed by atoms with Crippen LogP contribution in [0.5, 0.6) is 0 Å². The van der Waals surface area contributed by atoms with Crippen LogP contribution in [0.2, 0.25) is 0 Å². The SMILES string of the molecule is CCS(=O)(=O)CCC(NC(=O)c1cc([N+](=O)[O-])c(C)c([N+](=O)[O-])c1)C(=O)O. The standard InChI is InChI=1S/C14H17N3O9S/c1-3-27(25,26)5-4-10(14(19)20)15-13(18)9-6-11(16(21)22)8(2)12(7-9)17(23)24/h6-7,10H,3-5H2,1-2H3,(H,15,18)(H,19,20). The number of nitrogens with one attached hydrogen (secondary N) is 1. The summed E-state index contributed by atoms with van der Waals surface area (Å²) >= 11 is 0. The second kappa shape index (κ2) is 8.53. The van der Waals surface area contributed by atoms with Crippen LogP contribution in [0.3, 0.4) is 0 Å². The van der Waals surface area contributed by atoms with Gasteiger partial charge in [-0.25, -0.2) is 13.2 Å². The van der Waals surface area contributed by atoms with Crippen LogP contribution in [0.4, 0.5) is 11.4 Å². The summed E-state index contributed by atoms with van der Waals surface area (Å²) in [6, 6.07) is -0.00289. The van der Waals surface area contributed by atoms with Crippen LogP contribution in [0.1, 0.15) is 29.3 Å². The van der Waals surface area contributed by atoms with E-state index in [2.05, 4.69) is 0 Å². The van der Waals surface area contributed by atoms with Gasteiger partial charge in [0, 0.05) is 17.9 Å². The number of carboxylic acid groups (broad SMARTS) is 1. The zero-order valence-corrected chi connectivity index (χ0v) is 15.2. The van der Waals surface area contributed by atoms with Gasteiger partial charge in [-0.2, -0.15) is 0 Å². The van der Waals surface area contributed by atoms with Crippen molar-refractivity contribution >= 4 is 33.1 Å². The lowest BCUT2D eigenvalue weighted by atomic mass is 10.1. The maximum absolute atomic E-state index is 12.2. The molecule has 2 N–H and O–H groups in total. The number of hydrogen-bond acceptors (Lipinski definition) is 8. The fourth-order valence-electron chi connectivity index (χ4n) is 2.14. The van der Waals surface area contributed by atoms with Crippen LogP contribution in [0.15, 0.2) is 12.1 Å². The minimum atomic E-state index is -3.48. The largest absolute Gasteiger partial charge is 0.480 e. The highest BCUT2D eigenvalue weighted by atomic mass is 32.2. The molecule has 1 aromatic rings. The predicted molar refractivity (Wildman–Crippen MR) is 92.3 cm³/mol. The summed E-state index contributed by atoms with van der Waals surface area (Å²) in [5, 5.41) is 33.3. The van der Waals surface area contributed by atoms with Gasteiger partial charge in [-0.1, -0.05) is 6.92 Å². The van der Waals surface area contributed by atoms with Gasteiger partial charge in [0.25, 0.3) is 17.3 Å². The first-order valence-electron chi connectivity index (χ1n) is 7.57. The third-order valence-electron chi connectivity index (χ3n) is 3.77. The lowest BCUT2D eigenvalue weighted by molar-refractivity contribution is -0.395. The highest BCUT2D eigenvalue weighted by Gasteiger charge is 2.28. The first kappa shape index (κ1) is 22.0. The first-order chi connectivity index (χ1) is 12.4. The second-order valence-electron chi connectivity index (χ2n) is 5.54. The number of amides is 1. The molecule has 0 aliphatic heterocycles. The van der Waals surface area contributed by atoms with E-state index in [1.54, 1.807) is 0 Å². The van der Waals surface area contributed by atoms with Gasteiger partial charge in [-0.3, -0.25) is 25.0 Å². The van der Waals surface area contributed by atoms with Crippen molar-refractivity contribution in [1.29, 1.82) is 0 Å². The van der Waals surface area contributed by atoms with Crippen molar-refractivity contribution in [2.24, 2.45) is 0 Å². The summed E-state index contributed by atoms with van der Waals surface area (Å²) in [5.41, 5.74) is -2.08. The number of aliphatic carboxylic acids is 1. The van der Waals surface area contributed by atoms with E-state index in [4.69, 9.17) is 5.11 Å². The van der Waals surface area contributed by atoms with E-state index in [1.165, 1.54) is 6.92 Å². The molecule has 1 aromatic carbocycles. The van der Waals surface area contributed by atoms with Gasteiger partial charge >= 0.3 is 5.97 Å². The average molecular weight is 403 g/mol. The molecule has 1 rings (SSSR count). The molecule has 27 heavy (non-hydrogen) atoms. The number of nitro groups is 2. The van der Waals surface area contributed by atoms with Crippen molar-refractivity contribution < 1.29 is 33.0 Å². The Kier molecular flexibility index (Phi) is 6.93. The highest BCUT2D eigenvalue weighted by Crippen LogP contribution is 2.29. The molecule has 1 unspecified atom stereocenters. The molecule has 12 nitrogen and oxygen atoms in total. The van der Waals surface area contributed by atoms with Crippen molar-refractivity contribution in [3.63, 3.8) is 0 Å². The van der Waals surface area contributed by atoms with Gasteiger partial charge in [0.05, 0.1) is 21.2 Å². The summed E-state index contributed by atoms with van der Waals surface area (Å²) in [5.74, 6) is -3.31. The number of hydrogen-bond donors (Lipinski definition) is 2. The van der Waals surface area contributed by atoms with E-state index >= 15 is 0 Å². The number of nitrogens with zero attached hydrogens (tertiary/aromatic N) is 2. The van der Waals surface area contributed by atoms with Crippen molar-refractivity contribution in [3.8, 4) is 0 Å². The summed E-state index contributed by atoms with van der Waals surface area (Å²) in [6.45, 7) is 2.53. The van der Waals surface area contributed by atoms with Gasteiger partial charge in [-0.05, 0) is 13.3 Å². The first-order valence-corrected chi connectivity index (χ1v) is 9.39. The molecule has 0 fully saturated rings. The highest BCUT2D eigenvalue weighted by molar-refractivity contribution is 7.91. The van der Waals surface area contributed by atoms with Gasteiger partial charge in [-0.15, -0.1) is 0 Å². The Hall–Kier alpha value is -3.09. The van der Waals surface area contributed by atoms with E-state index in [9.17, 15) is 38.2 Å². The van der Waals surface area contributed by atoms with Crippen LogP contribution in [-0.4, -0.2) is 52.8 Å². The summed E-state index contributed by atoms with van der Waals surface area (Å²) in [6.07, 6.45) is -0.423. The molecule has 148 valence electrons. The third kappa shape index (κ3) is 5.70. The molecule has 0 bridgehead atoms. The Labute approximate surface area is 153 Å². The summed E-state index contributed by atoms with van der Waals surface area (Å²) < 4.78 is 23.0. The molecular weight excluding hydrogens is 386 g/mol. The topological polar surface area (TPSA) is 187 Å². The third-order valence-corrected chi connectivity index (χ3v) is 5.51. The van der Waals surface area contributed by atoms with E-state index in [0.717, 1.165) is 19.1 Å². The van der Waals surface area contributed by atoms with Crippen molar-refractivity contribution in [3.05, 3.63) is 43.5 Å². The lowest BCUT2D eigenvalue weighted by Crippen LogP contribution is -2.42. The molecule has 0 radical (unpaired) electrons. The van der Waals surface area contributed by atoms with E-state index < -0.39 is 66.7 Å². The van der Waals surface area contributed by atoms with Crippen LogP contribution in [-0.2, 0) is 14.6 Å². The van der Waals surface area contributed by atoms with Gasteiger partial charge in [0.15, 0.2) is 0 Å². The van der Waals surface area contributed by atoms with Crippen molar-refractivity contribution in [2.75, 3.05) is 11.5 Å². The predicted octanol–water partition coefficient (Wildman–Crippen LogP) is 0.819. The Morgan fingerprint density at radius 3 is 2.04 bits per heavy atom. The van der Waals surface area contributed by atoms with Crippen LogP contribution >= 0.6 is 0 Å². The van der Waals surface area contributed by atoms with Gasteiger partial charge < -0.3 is 10.4 Å². The second-order valence-corrected chi connectivity index (χ2v) is 8.02. The Balaban J connectivity index is 3.17. The van der Waals surface area contributed by atoms with Crippen molar-refractivity contribution in [2.45, 2.75) is 26.3 Å². The minimum Gasteiger partial charge on any atom is -0.480 e. The van der Waals surface area contributed by atoms with E-state index in [0.29, 0.717) is 0 Å². The number of carboxylic acids is 1. The number of benzene rings is 1. The van der Waals surface area contributed by atoms with E-state index in [1.807, 2.05) is 5.32 Å². The number of rotatable bonds is 9. The molecule has 0 heterocycles. The fraction of sp³-hybridized carbons (Fsp3) is 0.429. The Morgan fingerprint density at radius 1 is 1.19 bits per heavy atom. The van der Waals surface area contributed by atoms with Crippen molar-refractivity contribution in [1.82, 2.24) is 5.32 Å². The smallest absolute Gasteiger partial charge is 0.326 e. The quantitative estimate of drug-likeness (QED) is 0.444. The zero-order chi connectivity index (χ0) is 20.9. The van der Waals surface area contributed by atoms with E-state index in [-0.39, 0.29) is 11.3 Å². The lowest BCUT2D eigenvalue weighted by Gasteiger charge is -2.14.